The first-order valence-corrected chi connectivity index (χ1v) is 8.11. The zero-order valence-corrected chi connectivity index (χ0v) is 12.8. The van der Waals surface area contributed by atoms with Crippen molar-refractivity contribution in [3.63, 3.8) is 0 Å². The van der Waals surface area contributed by atoms with Gasteiger partial charge >= 0.3 is 0 Å². The zero-order valence-electron chi connectivity index (χ0n) is 11.2. The number of halogens is 1. The van der Waals surface area contributed by atoms with Crippen molar-refractivity contribution in [3.8, 4) is 11.5 Å². The molecule has 1 aromatic carbocycles. The van der Waals surface area contributed by atoms with Gasteiger partial charge in [0.2, 0.25) is 0 Å². The van der Waals surface area contributed by atoms with Crippen LogP contribution in [0.4, 0.5) is 5.69 Å². The minimum Gasteiger partial charge on any atom is -0.463 e. The molecule has 1 aliphatic carbocycles. The highest BCUT2D eigenvalue weighted by Crippen LogP contribution is 2.38. The van der Waals surface area contributed by atoms with E-state index in [2.05, 4.69) is 9.95 Å². The average Bonchev–Trinajstić information content (AvgIpc) is 3.01. The second kappa shape index (κ2) is 5.20. The van der Waals surface area contributed by atoms with E-state index in [1.807, 2.05) is 36.4 Å². The van der Waals surface area contributed by atoms with Crippen molar-refractivity contribution >= 4 is 28.6 Å². The summed E-state index contributed by atoms with van der Waals surface area (Å²) >= 11 is 7.57. The summed E-state index contributed by atoms with van der Waals surface area (Å²) in [7, 11) is 0. The Kier molecular flexibility index (Phi) is 3.20. The van der Waals surface area contributed by atoms with Crippen LogP contribution < -0.4 is 4.80 Å². The van der Waals surface area contributed by atoms with Gasteiger partial charge in [-0.2, -0.15) is 0 Å². The van der Waals surface area contributed by atoms with E-state index < -0.39 is 0 Å². The van der Waals surface area contributed by atoms with Gasteiger partial charge in [0.05, 0.1) is 17.6 Å². The summed E-state index contributed by atoms with van der Waals surface area (Å²) in [5.41, 5.74) is 2.03. The number of furan rings is 1. The highest BCUT2D eigenvalue weighted by atomic mass is 35.5. The van der Waals surface area contributed by atoms with E-state index in [4.69, 9.17) is 21.0 Å². The molecule has 0 N–H and O–H groups in total. The first-order valence-electron chi connectivity index (χ1n) is 6.85. The molecule has 0 bridgehead atoms. The van der Waals surface area contributed by atoms with E-state index in [1.54, 1.807) is 17.6 Å². The Morgan fingerprint density at radius 2 is 2.00 bits per heavy atom. The molecule has 2 aromatic heterocycles. The fourth-order valence-corrected chi connectivity index (χ4v) is 3.41. The first-order chi connectivity index (χ1) is 10.3. The molecule has 2 heterocycles. The van der Waals surface area contributed by atoms with Crippen LogP contribution in [0.1, 0.15) is 18.9 Å². The molecule has 5 heteroatoms. The van der Waals surface area contributed by atoms with Gasteiger partial charge in [-0.3, -0.25) is 0 Å². The van der Waals surface area contributed by atoms with Crippen LogP contribution in [0.3, 0.4) is 0 Å². The molecule has 1 saturated carbocycles. The maximum absolute atomic E-state index is 5.92. The van der Waals surface area contributed by atoms with Crippen LogP contribution in [0.5, 0.6) is 0 Å². The van der Waals surface area contributed by atoms with Crippen molar-refractivity contribution < 1.29 is 4.42 Å². The third-order valence-corrected chi connectivity index (χ3v) is 4.57. The minimum atomic E-state index is 0.544. The van der Waals surface area contributed by atoms with Crippen molar-refractivity contribution in [2.45, 2.75) is 18.9 Å². The lowest BCUT2D eigenvalue weighted by Gasteiger charge is -2.04. The summed E-state index contributed by atoms with van der Waals surface area (Å²) in [6.07, 6.45) is 4.12. The van der Waals surface area contributed by atoms with Crippen LogP contribution in [0.15, 0.2) is 57.5 Å². The van der Waals surface area contributed by atoms with Gasteiger partial charge in [-0.15, -0.1) is 11.3 Å². The monoisotopic (exact) mass is 316 g/mol. The van der Waals surface area contributed by atoms with Gasteiger partial charge in [-0.05, 0) is 49.2 Å². The van der Waals surface area contributed by atoms with E-state index in [9.17, 15) is 0 Å². The van der Waals surface area contributed by atoms with E-state index in [1.165, 1.54) is 12.8 Å². The van der Waals surface area contributed by atoms with E-state index in [0.29, 0.717) is 6.04 Å². The molecular formula is C16H13ClN2OS. The van der Waals surface area contributed by atoms with Gasteiger partial charge in [0.25, 0.3) is 0 Å². The molecule has 0 radical (unpaired) electrons. The summed E-state index contributed by atoms with van der Waals surface area (Å²) in [6, 6.07) is 12.1. The van der Waals surface area contributed by atoms with Crippen molar-refractivity contribution in [3.05, 3.63) is 57.9 Å². The van der Waals surface area contributed by atoms with Gasteiger partial charge in [0, 0.05) is 16.4 Å². The molecule has 0 spiro atoms. The number of aromatic nitrogens is 1. The summed E-state index contributed by atoms with van der Waals surface area (Å²) < 4.78 is 7.83. The van der Waals surface area contributed by atoms with Crippen molar-refractivity contribution in [2.75, 3.05) is 0 Å². The topological polar surface area (TPSA) is 30.4 Å². The van der Waals surface area contributed by atoms with E-state index in [-0.39, 0.29) is 0 Å². The molecule has 106 valence electrons. The SMILES string of the molecule is Clc1ccc(N=c2scc(-c3ccco3)n2C2CC2)cc1. The van der Waals surface area contributed by atoms with Crippen LogP contribution in [0.25, 0.3) is 11.5 Å². The highest BCUT2D eigenvalue weighted by molar-refractivity contribution is 7.07. The molecule has 21 heavy (non-hydrogen) atoms. The van der Waals surface area contributed by atoms with Crippen LogP contribution in [-0.4, -0.2) is 4.57 Å². The fraction of sp³-hybridized carbons (Fsp3) is 0.188. The zero-order chi connectivity index (χ0) is 14.2. The molecule has 1 aliphatic rings. The lowest BCUT2D eigenvalue weighted by Crippen LogP contribution is -2.14. The predicted molar refractivity (Wildman–Crippen MR) is 85.0 cm³/mol. The number of thiazole rings is 1. The number of hydrogen-bond acceptors (Lipinski definition) is 3. The average molecular weight is 317 g/mol. The number of rotatable bonds is 3. The van der Waals surface area contributed by atoms with E-state index in [0.717, 1.165) is 27.0 Å². The fourth-order valence-electron chi connectivity index (χ4n) is 2.32. The smallest absolute Gasteiger partial charge is 0.190 e. The molecule has 4 rings (SSSR count). The number of nitrogens with zero attached hydrogens (tertiary/aromatic N) is 2. The Morgan fingerprint density at radius 1 is 1.19 bits per heavy atom. The van der Waals surface area contributed by atoms with Crippen LogP contribution in [0.2, 0.25) is 5.02 Å². The Morgan fingerprint density at radius 3 is 2.67 bits per heavy atom. The lowest BCUT2D eigenvalue weighted by atomic mass is 10.3. The third kappa shape index (κ3) is 2.57. The van der Waals surface area contributed by atoms with Gasteiger partial charge in [-0.25, -0.2) is 4.99 Å². The summed E-state index contributed by atoms with van der Waals surface area (Å²) in [5.74, 6) is 0.899. The Labute approximate surface area is 131 Å². The highest BCUT2D eigenvalue weighted by Gasteiger charge is 2.28. The molecule has 0 unspecified atom stereocenters. The van der Waals surface area contributed by atoms with Gasteiger partial charge in [-0.1, -0.05) is 11.6 Å². The summed E-state index contributed by atoms with van der Waals surface area (Å²) in [6.45, 7) is 0. The van der Waals surface area contributed by atoms with Gasteiger partial charge in [0.15, 0.2) is 10.6 Å². The second-order valence-electron chi connectivity index (χ2n) is 5.07. The predicted octanol–water partition coefficient (Wildman–Crippen LogP) is 5.03. The van der Waals surface area contributed by atoms with Crippen molar-refractivity contribution in [1.82, 2.24) is 4.57 Å². The molecule has 0 saturated heterocycles. The minimum absolute atomic E-state index is 0.544. The Hall–Kier alpha value is -1.78. The molecule has 0 amide bonds. The van der Waals surface area contributed by atoms with E-state index >= 15 is 0 Å². The quantitative estimate of drug-likeness (QED) is 0.666. The van der Waals surface area contributed by atoms with Crippen LogP contribution >= 0.6 is 22.9 Å². The maximum Gasteiger partial charge on any atom is 0.190 e. The largest absolute Gasteiger partial charge is 0.463 e. The third-order valence-electron chi connectivity index (χ3n) is 3.48. The number of hydrogen-bond donors (Lipinski definition) is 0. The molecular weight excluding hydrogens is 304 g/mol. The normalized spacial score (nSPS) is 15.6. The standard InChI is InChI=1S/C16H13ClN2OS/c17-11-3-5-12(6-4-11)18-16-19(13-7-8-13)14(10-21-16)15-2-1-9-20-15/h1-6,9-10,13H,7-8H2. The first kappa shape index (κ1) is 12.9. The van der Waals surface area contributed by atoms with Gasteiger partial charge < -0.3 is 8.98 Å². The molecule has 0 aliphatic heterocycles. The lowest BCUT2D eigenvalue weighted by molar-refractivity contribution is 0.570. The second-order valence-corrected chi connectivity index (χ2v) is 6.34. The Balaban J connectivity index is 1.84. The van der Waals surface area contributed by atoms with Crippen LogP contribution in [0, 0.1) is 0 Å². The molecule has 3 nitrogen and oxygen atoms in total. The summed E-state index contributed by atoms with van der Waals surface area (Å²) in [5, 5.41) is 2.85. The van der Waals surface area contributed by atoms with Crippen LogP contribution in [-0.2, 0) is 0 Å². The van der Waals surface area contributed by atoms with Crippen molar-refractivity contribution in [2.24, 2.45) is 4.99 Å². The van der Waals surface area contributed by atoms with Gasteiger partial charge in [0.1, 0.15) is 0 Å². The number of benzene rings is 1. The Bertz CT molecular complexity index is 811. The maximum atomic E-state index is 5.92. The molecule has 3 aromatic rings. The summed E-state index contributed by atoms with van der Waals surface area (Å²) in [4.78, 5) is 5.76. The molecule has 1 fully saturated rings. The van der Waals surface area contributed by atoms with Crippen molar-refractivity contribution in [1.29, 1.82) is 0 Å². The molecule has 0 atom stereocenters.